The van der Waals surface area contributed by atoms with Gasteiger partial charge in [0, 0.05) is 32.5 Å². The molecule has 3 aromatic rings. The quantitative estimate of drug-likeness (QED) is 0.463. The minimum atomic E-state index is -0.133. The van der Waals surface area contributed by atoms with Crippen LogP contribution >= 0.6 is 0 Å². The molecule has 0 unspecified atom stereocenters. The summed E-state index contributed by atoms with van der Waals surface area (Å²) in [4.78, 5) is 27.0. The van der Waals surface area contributed by atoms with Crippen LogP contribution in [0.5, 0.6) is 5.75 Å². The number of carbonyl (C=O) groups excluding carboxylic acids is 2. The van der Waals surface area contributed by atoms with Crippen LogP contribution in [0.4, 0.5) is 11.5 Å². The van der Waals surface area contributed by atoms with Crippen molar-refractivity contribution in [2.45, 2.75) is 46.6 Å². The fourth-order valence-electron chi connectivity index (χ4n) is 4.49. The lowest BCUT2D eigenvalue weighted by Gasteiger charge is -2.33. The highest BCUT2D eigenvalue weighted by atomic mass is 16.5. The van der Waals surface area contributed by atoms with Gasteiger partial charge in [0.1, 0.15) is 11.4 Å². The monoisotopic (exact) mass is 489 g/mol. The van der Waals surface area contributed by atoms with Crippen molar-refractivity contribution in [1.29, 1.82) is 0 Å². The Hall–Kier alpha value is -3.81. The van der Waals surface area contributed by atoms with Crippen LogP contribution in [-0.4, -0.2) is 41.3 Å². The Balaban J connectivity index is 1.40. The van der Waals surface area contributed by atoms with Crippen molar-refractivity contribution in [1.82, 2.24) is 15.1 Å². The van der Waals surface area contributed by atoms with E-state index in [2.05, 4.69) is 22.5 Å². The molecule has 1 aliphatic rings. The largest absolute Gasteiger partial charge is 0.494 e. The number of ether oxygens (including phenoxy) is 1. The van der Waals surface area contributed by atoms with Crippen LogP contribution in [0.15, 0.2) is 54.6 Å². The lowest BCUT2D eigenvalue weighted by atomic mass is 9.95. The number of nitrogens with one attached hydrogen (secondary N) is 2. The minimum absolute atomic E-state index is 0.0492. The molecule has 0 spiro atoms. The number of hydrogen-bond acceptors (Lipinski definition) is 5. The number of hydrogen-bond donors (Lipinski definition) is 2. The van der Waals surface area contributed by atoms with Crippen molar-refractivity contribution in [2.75, 3.05) is 29.9 Å². The topological polar surface area (TPSA) is 88.5 Å². The third-order valence-corrected chi connectivity index (χ3v) is 6.37. The van der Waals surface area contributed by atoms with Crippen LogP contribution in [0, 0.1) is 12.8 Å². The molecule has 8 nitrogen and oxygen atoms in total. The molecule has 36 heavy (non-hydrogen) atoms. The summed E-state index contributed by atoms with van der Waals surface area (Å²) in [5, 5.41) is 10.8. The summed E-state index contributed by atoms with van der Waals surface area (Å²) in [5.74, 6) is 1.61. The zero-order chi connectivity index (χ0) is 25.5. The van der Waals surface area contributed by atoms with Gasteiger partial charge in [-0.05, 0) is 56.0 Å². The Bertz CT molecular complexity index is 1170. The van der Waals surface area contributed by atoms with Crippen LogP contribution in [0.3, 0.4) is 0 Å². The molecule has 2 heterocycles. The van der Waals surface area contributed by atoms with E-state index in [1.807, 2.05) is 66.2 Å². The van der Waals surface area contributed by atoms with Crippen molar-refractivity contribution in [2.24, 2.45) is 5.92 Å². The first-order valence-electron chi connectivity index (χ1n) is 12.6. The molecular formula is C28H35N5O3. The van der Waals surface area contributed by atoms with Gasteiger partial charge in [-0.1, -0.05) is 37.3 Å². The van der Waals surface area contributed by atoms with E-state index >= 15 is 0 Å². The zero-order valence-corrected chi connectivity index (χ0v) is 21.3. The molecule has 190 valence electrons. The second-order valence-corrected chi connectivity index (χ2v) is 9.18. The van der Waals surface area contributed by atoms with E-state index < -0.39 is 0 Å². The fourth-order valence-corrected chi connectivity index (χ4v) is 4.49. The third kappa shape index (κ3) is 6.05. The highest BCUT2D eigenvalue weighted by Gasteiger charge is 2.29. The molecule has 1 fully saturated rings. The maximum Gasteiger partial charge on any atom is 0.223 e. The standard InChI is InChI=1S/C28H35N5O3/c1-4-18-36-25-12-10-22(11-13-25)19-29-27(35)23-14-16-32(17-15-23)28-26(30-21(3)34)20(2)31-33(28)24-8-6-5-7-9-24/h5-13,23H,4,14-19H2,1-3H3,(H,29,35)(H,30,34). The van der Waals surface area contributed by atoms with Gasteiger partial charge >= 0.3 is 0 Å². The Labute approximate surface area is 212 Å². The number of para-hydroxylation sites is 1. The summed E-state index contributed by atoms with van der Waals surface area (Å²) in [5.41, 5.74) is 3.46. The maximum absolute atomic E-state index is 12.9. The van der Waals surface area contributed by atoms with Crippen molar-refractivity contribution < 1.29 is 14.3 Å². The van der Waals surface area contributed by atoms with Crippen LogP contribution in [0.25, 0.3) is 5.69 Å². The third-order valence-electron chi connectivity index (χ3n) is 6.37. The summed E-state index contributed by atoms with van der Waals surface area (Å²) >= 11 is 0. The van der Waals surface area contributed by atoms with E-state index in [0.717, 1.165) is 53.5 Å². The van der Waals surface area contributed by atoms with E-state index in [0.29, 0.717) is 26.2 Å². The average molecular weight is 490 g/mol. The lowest BCUT2D eigenvalue weighted by molar-refractivity contribution is -0.125. The normalized spacial score (nSPS) is 13.9. The number of nitrogens with zero attached hydrogens (tertiary/aromatic N) is 3. The molecule has 0 bridgehead atoms. The lowest BCUT2D eigenvalue weighted by Crippen LogP contribution is -2.41. The Morgan fingerprint density at radius 3 is 2.39 bits per heavy atom. The van der Waals surface area contributed by atoms with Gasteiger partial charge < -0.3 is 20.3 Å². The van der Waals surface area contributed by atoms with Gasteiger partial charge in [0.2, 0.25) is 11.8 Å². The van der Waals surface area contributed by atoms with E-state index in [4.69, 9.17) is 9.84 Å². The molecule has 4 rings (SSSR count). The first kappa shape index (κ1) is 25.3. The van der Waals surface area contributed by atoms with Crippen LogP contribution < -0.4 is 20.3 Å². The van der Waals surface area contributed by atoms with Crippen molar-refractivity contribution in [3.63, 3.8) is 0 Å². The molecular weight excluding hydrogens is 454 g/mol. The highest BCUT2D eigenvalue weighted by Crippen LogP contribution is 2.34. The van der Waals surface area contributed by atoms with E-state index in [-0.39, 0.29) is 17.7 Å². The Kier molecular flexibility index (Phi) is 8.25. The number of amides is 2. The van der Waals surface area contributed by atoms with Crippen molar-refractivity contribution >= 4 is 23.3 Å². The van der Waals surface area contributed by atoms with Crippen molar-refractivity contribution in [3.05, 3.63) is 65.9 Å². The minimum Gasteiger partial charge on any atom is -0.494 e. The molecule has 8 heteroatoms. The van der Waals surface area contributed by atoms with E-state index in [1.165, 1.54) is 6.92 Å². The molecule has 1 aromatic heterocycles. The first-order chi connectivity index (χ1) is 17.5. The maximum atomic E-state index is 12.9. The van der Waals surface area contributed by atoms with Crippen LogP contribution in [0.2, 0.25) is 0 Å². The van der Waals surface area contributed by atoms with Gasteiger partial charge in [0.05, 0.1) is 18.0 Å². The SMILES string of the molecule is CCCOc1ccc(CNC(=O)C2CCN(c3c(NC(C)=O)c(C)nn3-c3ccccc3)CC2)cc1. The molecule has 0 aliphatic carbocycles. The predicted octanol–water partition coefficient (Wildman–Crippen LogP) is 4.46. The second-order valence-electron chi connectivity index (χ2n) is 9.18. The summed E-state index contributed by atoms with van der Waals surface area (Å²) < 4.78 is 7.51. The number of carbonyl (C=O) groups is 2. The molecule has 0 atom stereocenters. The number of benzene rings is 2. The number of anilines is 2. The number of aromatic nitrogens is 2. The van der Waals surface area contributed by atoms with Gasteiger partial charge in [-0.15, -0.1) is 0 Å². The zero-order valence-electron chi connectivity index (χ0n) is 21.3. The molecule has 2 N–H and O–H groups in total. The summed E-state index contributed by atoms with van der Waals surface area (Å²) in [7, 11) is 0. The molecule has 1 saturated heterocycles. The Morgan fingerprint density at radius 2 is 1.75 bits per heavy atom. The first-order valence-corrected chi connectivity index (χ1v) is 12.6. The Morgan fingerprint density at radius 1 is 1.06 bits per heavy atom. The molecule has 0 saturated carbocycles. The average Bonchev–Trinajstić information content (AvgIpc) is 3.22. The molecule has 2 amide bonds. The molecule has 2 aromatic carbocycles. The smallest absolute Gasteiger partial charge is 0.223 e. The molecule has 1 aliphatic heterocycles. The van der Waals surface area contributed by atoms with E-state index in [1.54, 1.807) is 0 Å². The number of piperidine rings is 1. The van der Waals surface area contributed by atoms with Gasteiger partial charge in [0.25, 0.3) is 0 Å². The summed E-state index contributed by atoms with van der Waals surface area (Å²) in [6.45, 7) is 8.09. The second kappa shape index (κ2) is 11.7. The summed E-state index contributed by atoms with van der Waals surface area (Å²) in [6.07, 6.45) is 2.43. The number of rotatable bonds is 9. The molecule has 0 radical (unpaired) electrons. The van der Waals surface area contributed by atoms with E-state index in [9.17, 15) is 9.59 Å². The highest BCUT2D eigenvalue weighted by molar-refractivity contribution is 5.93. The van der Waals surface area contributed by atoms with Crippen LogP contribution in [-0.2, 0) is 16.1 Å². The van der Waals surface area contributed by atoms with Crippen LogP contribution in [0.1, 0.15) is 44.4 Å². The van der Waals surface area contributed by atoms with Gasteiger partial charge in [-0.3, -0.25) is 9.59 Å². The summed E-state index contributed by atoms with van der Waals surface area (Å²) in [6, 6.07) is 17.8. The number of aryl methyl sites for hydroxylation is 1. The van der Waals surface area contributed by atoms with Gasteiger partial charge in [0.15, 0.2) is 5.82 Å². The van der Waals surface area contributed by atoms with Gasteiger partial charge in [-0.25, -0.2) is 4.68 Å². The van der Waals surface area contributed by atoms with Crippen molar-refractivity contribution in [3.8, 4) is 11.4 Å². The predicted molar refractivity (Wildman–Crippen MR) is 142 cm³/mol. The van der Waals surface area contributed by atoms with Gasteiger partial charge in [-0.2, -0.15) is 5.10 Å². The fraction of sp³-hybridized carbons (Fsp3) is 0.393.